The molecule has 5 N–H and O–H groups in total. The van der Waals surface area contributed by atoms with Gasteiger partial charge in [-0.15, -0.1) is 0 Å². The van der Waals surface area contributed by atoms with Gasteiger partial charge in [-0.3, -0.25) is 9.32 Å². The first-order chi connectivity index (χ1) is 17.8. The molecule has 202 valence electrons. The van der Waals surface area contributed by atoms with E-state index in [1.54, 1.807) is 18.2 Å². The van der Waals surface area contributed by atoms with Crippen molar-refractivity contribution in [1.29, 1.82) is 0 Å². The van der Waals surface area contributed by atoms with Gasteiger partial charge in [0, 0.05) is 6.07 Å². The molecule has 1 aromatic heterocycles. The van der Waals surface area contributed by atoms with Crippen molar-refractivity contribution in [2.45, 2.75) is 24.6 Å². The summed E-state index contributed by atoms with van der Waals surface area (Å²) in [4.78, 5) is 30.9. The Morgan fingerprint density at radius 1 is 0.947 bits per heavy atom. The minimum atomic E-state index is -4.77. The van der Waals surface area contributed by atoms with Crippen LogP contribution in [0.15, 0.2) is 69.9 Å². The molecular formula is C25H23F3NO8P. The fourth-order valence-corrected chi connectivity index (χ4v) is 4.20. The predicted octanol–water partition coefficient (Wildman–Crippen LogP) is 4.49. The van der Waals surface area contributed by atoms with E-state index >= 15 is 0 Å². The second-order valence-corrected chi connectivity index (χ2v) is 10.1. The Bertz CT molecular complexity index is 1580. The topological polar surface area (TPSA) is 152 Å². The van der Waals surface area contributed by atoms with E-state index in [1.807, 2.05) is 0 Å². The number of hydrogen-bond donors (Lipinski definition) is 4. The van der Waals surface area contributed by atoms with Gasteiger partial charge in [-0.25, -0.2) is 4.57 Å². The highest BCUT2D eigenvalue weighted by molar-refractivity contribution is 7.46. The summed E-state index contributed by atoms with van der Waals surface area (Å²) in [6.45, 7) is -1.16. The lowest BCUT2D eigenvalue weighted by atomic mass is 9.93. The summed E-state index contributed by atoms with van der Waals surface area (Å²) in [6.07, 6.45) is -4.16. The molecule has 1 heterocycles. The number of alkyl halides is 3. The number of phosphoric ester groups is 1. The molecule has 9 nitrogen and oxygen atoms in total. The van der Waals surface area contributed by atoms with E-state index in [1.165, 1.54) is 30.3 Å². The molecule has 0 aliphatic carbocycles. The van der Waals surface area contributed by atoms with E-state index in [4.69, 9.17) is 24.7 Å². The molecule has 0 saturated carbocycles. The fraction of sp³-hybridized carbons (Fsp3) is 0.240. The molecule has 3 aromatic carbocycles. The van der Waals surface area contributed by atoms with Crippen molar-refractivity contribution < 1.29 is 46.3 Å². The third kappa shape index (κ3) is 6.60. The maximum Gasteiger partial charge on any atom is 0.469 e. The van der Waals surface area contributed by atoms with Crippen molar-refractivity contribution >= 4 is 29.8 Å². The van der Waals surface area contributed by atoms with Crippen molar-refractivity contribution in [3.05, 3.63) is 82.0 Å². The third-order valence-electron chi connectivity index (χ3n) is 5.85. The van der Waals surface area contributed by atoms with Gasteiger partial charge in [0.2, 0.25) is 5.43 Å². The predicted molar refractivity (Wildman–Crippen MR) is 132 cm³/mol. The molecule has 4 rings (SSSR count). The maximum absolute atomic E-state index is 13.1. The molecule has 0 saturated heterocycles. The lowest BCUT2D eigenvalue weighted by Gasteiger charge is -2.27. The molecule has 0 fully saturated rings. The molecule has 13 heteroatoms. The van der Waals surface area contributed by atoms with E-state index in [0.29, 0.717) is 5.56 Å². The first kappa shape index (κ1) is 27.8. The Hall–Kier alpha value is -3.25. The van der Waals surface area contributed by atoms with E-state index < -0.39 is 38.3 Å². The van der Waals surface area contributed by atoms with Crippen LogP contribution >= 0.6 is 7.82 Å². The van der Waals surface area contributed by atoms with Gasteiger partial charge in [0.05, 0.1) is 35.1 Å². The van der Waals surface area contributed by atoms with E-state index in [9.17, 15) is 27.6 Å². The van der Waals surface area contributed by atoms with Gasteiger partial charge in [-0.2, -0.15) is 13.2 Å². The summed E-state index contributed by atoms with van der Waals surface area (Å²) < 4.78 is 65.7. The van der Waals surface area contributed by atoms with Crippen LogP contribution < -0.4 is 15.9 Å². The number of halogens is 3. The van der Waals surface area contributed by atoms with Crippen molar-refractivity contribution in [1.82, 2.24) is 0 Å². The Morgan fingerprint density at radius 3 is 2.37 bits per heavy atom. The van der Waals surface area contributed by atoms with Crippen molar-refractivity contribution in [3.63, 3.8) is 0 Å². The zero-order chi connectivity index (χ0) is 27.7. The summed E-state index contributed by atoms with van der Waals surface area (Å²) in [6, 6.07) is 13.5. The Morgan fingerprint density at radius 2 is 1.68 bits per heavy atom. The highest BCUT2D eigenvalue weighted by Crippen LogP contribution is 2.37. The van der Waals surface area contributed by atoms with Crippen LogP contribution in [0.3, 0.4) is 0 Å². The van der Waals surface area contributed by atoms with Crippen LogP contribution in [0.5, 0.6) is 11.5 Å². The molecule has 0 radical (unpaired) electrons. The Kier molecular flexibility index (Phi) is 7.67. The van der Waals surface area contributed by atoms with E-state index in [0.717, 1.165) is 12.1 Å². The average Bonchev–Trinajstić information content (AvgIpc) is 2.86. The van der Waals surface area contributed by atoms with Crippen LogP contribution in [0.25, 0.3) is 21.9 Å². The first-order valence-corrected chi connectivity index (χ1v) is 12.7. The lowest BCUT2D eigenvalue weighted by molar-refractivity contribution is -0.137. The van der Waals surface area contributed by atoms with Gasteiger partial charge >= 0.3 is 14.0 Å². The molecule has 0 spiro atoms. The minimum Gasteiger partial charge on any atom is -0.457 e. The molecule has 38 heavy (non-hydrogen) atoms. The third-order valence-corrected chi connectivity index (χ3v) is 6.32. The van der Waals surface area contributed by atoms with Gasteiger partial charge in [0.25, 0.3) is 0 Å². The molecule has 1 unspecified atom stereocenters. The van der Waals surface area contributed by atoms with Gasteiger partial charge in [-0.05, 0) is 60.9 Å². The van der Waals surface area contributed by atoms with Crippen LogP contribution in [0, 0.1) is 0 Å². The van der Waals surface area contributed by atoms with Crippen molar-refractivity contribution in [2.75, 3.05) is 13.2 Å². The van der Waals surface area contributed by atoms with Crippen LogP contribution in [0.2, 0.25) is 0 Å². The maximum atomic E-state index is 13.1. The number of fused-ring (bicyclic) bond motifs is 2. The van der Waals surface area contributed by atoms with Crippen LogP contribution in [-0.2, 0) is 21.7 Å². The number of nitrogens with two attached hydrogens (primary N) is 1. The SMILES string of the molecule is NC(CO)(CCc1ccc2oc3cc(Oc4cccc(C(F)(F)F)c4)ccc3c(=O)c2c1)COP(=O)(O)O. The van der Waals surface area contributed by atoms with E-state index in [2.05, 4.69) is 4.52 Å². The summed E-state index contributed by atoms with van der Waals surface area (Å²) in [5.41, 5.74) is 4.48. The van der Waals surface area contributed by atoms with Crippen LogP contribution in [0.1, 0.15) is 17.5 Å². The Labute approximate surface area is 213 Å². The number of ether oxygens (including phenoxy) is 1. The van der Waals surface area contributed by atoms with E-state index in [-0.39, 0.29) is 51.7 Å². The highest BCUT2D eigenvalue weighted by Gasteiger charge is 2.31. The molecule has 4 aromatic rings. The van der Waals surface area contributed by atoms with Gasteiger partial charge in [0.15, 0.2) is 0 Å². The number of phosphoric acid groups is 1. The summed E-state index contributed by atoms with van der Waals surface area (Å²) in [7, 11) is -4.77. The normalized spacial score (nSPS) is 14.1. The lowest BCUT2D eigenvalue weighted by Crippen LogP contribution is -2.48. The largest absolute Gasteiger partial charge is 0.469 e. The number of aliphatic hydroxyl groups excluding tert-OH is 1. The Balaban J connectivity index is 1.57. The summed E-state index contributed by atoms with van der Waals surface area (Å²) in [5.74, 6) is 0.147. The zero-order valence-electron chi connectivity index (χ0n) is 19.6. The molecule has 0 amide bonds. The number of aryl methyl sites for hydroxylation is 1. The van der Waals surface area contributed by atoms with Crippen LogP contribution in [-0.4, -0.2) is 33.6 Å². The van der Waals surface area contributed by atoms with Crippen LogP contribution in [0.4, 0.5) is 13.2 Å². The van der Waals surface area contributed by atoms with Gasteiger partial charge < -0.3 is 29.8 Å². The van der Waals surface area contributed by atoms with Gasteiger partial charge in [-0.1, -0.05) is 12.1 Å². The highest BCUT2D eigenvalue weighted by atomic mass is 31.2. The summed E-state index contributed by atoms with van der Waals surface area (Å²) >= 11 is 0. The summed E-state index contributed by atoms with van der Waals surface area (Å²) in [5, 5.41) is 10.1. The molecule has 1 atom stereocenters. The monoisotopic (exact) mass is 553 g/mol. The van der Waals surface area contributed by atoms with Gasteiger partial charge in [0.1, 0.15) is 22.7 Å². The molecular weight excluding hydrogens is 530 g/mol. The minimum absolute atomic E-state index is 0.0306. The second-order valence-electron chi connectivity index (χ2n) is 8.83. The standard InChI is InChI=1S/C25H23F3NO8P/c26-25(27,28)16-2-1-3-17(11-16)36-18-5-6-19-22(12-18)37-21-7-4-15(10-20(21)23(19)31)8-9-24(29,13-30)14-35-38(32,33)34/h1-7,10-12,30H,8-9,13-14,29H2,(H2,32,33,34). The first-order valence-electron chi connectivity index (χ1n) is 11.2. The molecule has 0 aliphatic heterocycles. The zero-order valence-corrected chi connectivity index (χ0v) is 20.5. The quantitative estimate of drug-likeness (QED) is 0.174. The van der Waals surface area contributed by atoms with Crippen molar-refractivity contribution in [3.8, 4) is 11.5 Å². The molecule has 0 bridgehead atoms. The fourth-order valence-electron chi connectivity index (χ4n) is 3.78. The number of hydrogen-bond acceptors (Lipinski definition) is 7. The average molecular weight is 553 g/mol. The number of benzene rings is 3. The molecule has 0 aliphatic rings. The number of aliphatic hydroxyl groups is 1. The van der Waals surface area contributed by atoms with Crippen molar-refractivity contribution in [2.24, 2.45) is 5.73 Å². The second kappa shape index (κ2) is 10.5. The number of rotatable bonds is 9. The smallest absolute Gasteiger partial charge is 0.457 e.